The van der Waals surface area contributed by atoms with Crippen LogP contribution >= 0.6 is 0 Å². The third-order valence-corrected chi connectivity index (χ3v) is 8.66. The van der Waals surface area contributed by atoms with Crippen LogP contribution in [0.2, 0.25) is 0 Å². The summed E-state index contributed by atoms with van der Waals surface area (Å²) in [5.74, 6) is -1.47. The topological polar surface area (TPSA) is 99.1 Å². The van der Waals surface area contributed by atoms with Crippen molar-refractivity contribution in [3.63, 3.8) is 0 Å². The van der Waals surface area contributed by atoms with E-state index in [1.165, 1.54) is 83.5 Å². The van der Waals surface area contributed by atoms with Crippen molar-refractivity contribution in [2.45, 2.75) is 180 Å². The molecule has 8 nitrogen and oxygen atoms in total. The molecule has 0 bridgehead atoms. The standard InChI is InChI=1S/C39H73NO7/c1-6-8-10-12-14-16-18-20-21-23-25-27-29-37(41)46-34-35(33-45-32-31-36(39(43)44)40(3,4)5)47-38(42)30-28-26-24-22-19-17-15-13-11-9-7-2/h13,15,35-36H,6-12,14,16-34H2,1-5H3/p+1/b15-13+. The highest BCUT2D eigenvalue weighted by Crippen LogP contribution is 2.14. The number of quaternary nitrogens is 1. The third-order valence-electron chi connectivity index (χ3n) is 8.66. The van der Waals surface area contributed by atoms with Crippen LogP contribution in [0.5, 0.6) is 0 Å². The summed E-state index contributed by atoms with van der Waals surface area (Å²) in [5, 5.41) is 9.57. The van der Waals surface area contributed by atoms with Gasteiger partial charge in [0.15, 0.2) is 12.1 Å². The monoisotopic (exact) mass is 669 g/mol. The van der Waals surface area contributed by atoms with E-state index < -0.39 is 18.1 Å². The van der Waals surface area contributed by atoms with Crippen molar-refractivity contribution in [2.75, 3.05) is 41.0 Å². The molecule has 276 valence electrons. The highest BCUT2D eigenvalue weighted by molar-refractivity contribution is 5.72. The Hall–Kier alpha value is -1.93. The lowest BCUT2D eigenvalue weighted by atomic mass is 10.0. The Labute approximate surface area is 289 Å². The lowest BCUT2D eigenvalue weighted by Crippen LogP contribution is -2.50. The molecule has 0 aliphatic carbocycles. The van der Waals surface area contributed by atoms with Gasteiger partial charge in [-0.3, -0.25) is 9.59 Å². The molecule has 47 heavy (non-hydrogen) atoms. The molecule has 2 unspecified atom stereocenters. The van der Waals surface area contributed by atoms with E-state index in [2.05, 4.69) is 26.0 Å². The second kappa shape index (κ2) is 31.3. The van der Waals surface area contributed by atoms with Gasteiger partial charge in [-0.1, -0.05) is 129 Å². The SMILES string of the molecule is CCCC/C=C/CCCCCCCC(=O)OC(COCCC(C(=O)O)[N+](C)(C)C)COC(=O)CCCCCCCCCCCCCC. The van der Waals surface area contributed by atoms with Crippen molar-refractivity contribution in [2.24, 2.45) is 0 Å². The predicted octanol–water partition coefficient (Wildman–Crippen LogP) is 9.58. The maximum Gasteiger partial charge on any atom is 0.362 e. The van der Waals surface area contributed by atoms with Crippen LogP contribution < -0.4 is 0 Å². The minimum atomic E-state index is -0.876. The van der Waals surface area contributed by atoms with E-state index in [1.807, 2.05) is 21.1 Å². The van der Waals surface area contributed by atoms with Crippen LogP contribution in [0.25, 0.3) is 0 Å². The molecule has 0 saturated carbocycles. The summed E-state index contributed by atoms with van der Waals surface area (Å²) in [6.07, 6.45) is 29.6. The molecule has 0 saturated heterocycles. The number of nitrogens with zero attached hydrogens (tertiary/aromatic N) is 1. The molecular formula is C39H74NO7+. The van der Waals surface area contributed by atoms with E-state index in [9.17, 15) is 19.5 Å². The molecule has 0 amide bonds. The second-order valence-corrected chi connectivity index (χ2v) is 14.2. The number of unbranched alkanes of at least 4 members (excludes halogenated alkanes) is 18. The summed E-state index contributed by atoms with van der Waals surface area (Å²) in [6.45, 7) is 4.68. The van der Waals surface area contributed by atoms with Gasteiger partial charge >= 0.3 is 17.9 Å². The maximum atomic E-state index is 12.6. The molecule has 0 rings (SSSR count). The molecule has 0 aromatic rings. The Balaban J connectivity index is 4.42. The van der Waals surface area contributed by atoms with Gasteiger partial charge in [-0.05, 0) is 32.1 Å². The van der Waals surface area contributed by atoms with Crippen molar-refractivity contribution in [1.82, 2.24) is 0 Å². The van der Waals surface area contributed by atoms with Gasteiger partial charge < -0.3 is 23.8 Å². The molecule has 0 spiro atoms. The first kappa shape index (κ1) is 45.1. The number of hydrogen-bond acceptors (Lipinski definition) is 6. The number of carboxylic acids is 1. The highest BCUT2D eigenvalue weighted by Gasteiger charge is 2.31. The largest absolute Gasteiger partial charge is 0.477 e. The van der Waals surface area contributed by atoms with Gasteiger partial charge in [0.05, 0.1) is 34.4 Å². The summed E-state index contributed by atoms with van der Waals surface area (Å²) in [6, 6.07) is -0.610. The number of hydrogen-bond donors (Lipinski definition) is 1. The van der Waals surface area contributed by atoms with E-state index >= 15 is 0 Å². The quantitative estimate of drug-likeness (QED) is 0.0315. The summed E-state index contributed by atoms with van der Waals surface area (Å²) in [4.78, 5) is 36.7. The first-order valence-electron chi connectivity index (χ1n) is 19.2. The number of esters is 2. The summed E-state index contributed by atoms with van der Waals surface area (Å²) < 4.78 is 17.2. The number of carbonyl (C=O) groups is 3. The van der Waals surface area contributed by atoms with E-state index in [4.69, 9.17) is 14.2 Å². The summed E-state index contributed by atoms with van der Waals surface area (Å²) in [7, 11) is 5.51. The number of ether oxygens (including phenoxy) is 3. The Morgan fingerprint density at radius 1 is 0.617 bits per heavy atom. The number of carbonyl (C=O) groups excluding carboxylic acids is 2. The number of likely N-dealkylation sites (N-methyl/N-ethyl adjacent to an activating group) is 1. The van der Waals surface area contributed by atoms with Gasteiger partial charge in [0.2, 0.25) is 0 Å². The van der Waals surface area contributed by atoms with E-state index in [-0.39, 0.29) is 36.2 Å². The van der Waals surface area contributed by atoms with E-state index in [0.29, 0.717) is 19.3 Å². The zero-order chi connectivity index (χ0) is 35.0. The fourth-order valence-electron chi connectivity index (χ4n) is 5.60. The van der Waals surface area contributed by atoms with E-state index in [1.54, 1.807) is 0 Å². The van der Waals surface area contributed by atoms with Crippen molar-refractivity contribution < 1.29 is 38.2 Å². The van der Waals surface area contributed by atoms with Crippen molar-refractivity contribution >= 4 is 17.9 Å². The van der Waals surface area contributed by atoms with Crippen LogP contribution in [0, 0.1) is 0 Å². The average molecular weight is 669 g/mol. The number of carboxylic acid groups (broad SMARTS) is 1. The number of rotatable bonds is 34. The van der Waals surface area contributed by atoms with Crippen LogP contribution in [0.15, 0.2) is 12.2 Å². The molecule has 8 heteroatoms. The smallest absolute Gasteiger partial charge is 0.362 e. The number of aliphatic carboxylic acids is 1. The highest BCUT2D eigenvalue weighted by atomic mass is 16.6. The minimum Gasteiger partial charge on any atom is -0.477 e. The van der Waals surface area contributed by atoms with Crippen molar-refractivity contribution in [3.05, 3.63) is 12.2 Å². The maximum absolute atomic E-state index is 12.6. The molecule has 0 aliphatic rings. The Morgan fingerprint density at radius 2 is 1.09 bits per heavy atom. The van der Waals surface area contributed by atoms with Crippen molar-refractivity contribution in [3.8, 4) is 0 Å². The van der Waals surface area contributed by atoms with Crippen LogP contribution in [0.3, 0.4) is 0 Å². The van der Waals surface area contributed by atoms with Crippen LogP contribution in [-0.2, 0) is 28.6 Å². The third kappa shape index (κ3) is 29.9. The lowest BCUT2D eigenvalue weighted by molar-refractivity contribution is -0.887. The van der Waals surface area contributed by atoms with Crippen LogP contribution in [-0.4, -0.2) is 80.6 Å². The van der Waals surface area contributed by atoms with Gasteiger partial charge in [0, 0.05) is 19.3 Å². The summed E-state index contributed by atoms with van der Waals surface area (Å²) in [5.41, 5.74) is 0. The van der Waals surface area contributed by atoms with E-state index in [0.717, 1.165) is 51.4 Å². The van der Waals surface area contributed by atoms with Gasteiger partial charge in [-0.15, -0.1) is 0 Å². The number of allylic oxidation sites excluding steroid dienone is 2. The summed E-state index contributed by atoms with van der Waals surface area (Å²) >= 11 is 0. The molecular weight excluding hydrogens is 594 g/mol. The van der Waals surface area contributed by atoms with Crippen LogP contribution in [0.4, 0.5) is 0 Å². The minimum absolute atomic E-state index is 0.0493. The Kier molecular flexibility index (Phi) is 30.1. The van der Waals surface area contributed by atoms with Crippen LogP contribution in [0.1, 0.15) is 168 Å². The molecule has 0 aromatic carbocycles. The van der Waals surface area contributed by atoms with Gasteiger partial charge in [-0.25, -0.2) is 4.79 Å². The molecule has 0 heterocycles. The zero-order valence-electron chi connectivity index (χ0n) is 31.2. The fourth-order valence-corrected chi connectivity index (χ4v) is 5.60. The zero-order valence-corrected chi connectivity index (χ0v) is 31.2. The first-order valence-corrected chi connectivity index (χ1v) is 19.2. The molecule has 0 aliphatic heterocycles. The second-order valence-electron chi connectivity index (χ2n) is 14.2. The average Bonchev–Trinajstić information content (AvgIpc) is 3.01. The normalized spacial score (nSPS) is 13.1. The van der Waals surface area contributed by atoms with Gasteiger partial charge in [0.25, 0.3) is 0 Å². The first-order chi connectivity index (χ1) is 22.6. The van der Waals surface area contributed by atoms with Gasteiger partial charge in [0.1, 0.15) is 6.61 Å². The Bertz CT molecular complexity index is 793. The molecule has 0 radical (unpaired) electrons. The van der Waals surface area contributed by atoms with Gasteiger partial charge in [-0.2, -0.15) is 0 Å². The predicted molar refractivity (Wildman–Crippen MR) is 192 cm³/mol. The Morgan fingerprint density at radius 3 is 1.60 bits per heavy atom. The molecule has 0 fully saturated rings. The lowest BCUT2D eigenvalue weighted by Gasteiger charge is -2.31. The molecule has 1 N–H and O–H groups in total. The van der Waals surface area contributed by atoms with Crippen molar-refractivity contribution in [1.29, 1.82) is 0 Å². The molecule has 2 atom stereocenters. The molecule has 0 aromatic heterocycles. The fraction of sp³-hybridized carbons (Fsp3) is 0.872.